The van der Waals surface area contributed by atoms with Gasteiger partial charge in [-0.15, -0.1) is 11.3 Å². The number of methoxy groups -OCH3 is 1. The summed E-state index contributed by atoms with van der Waals surface area (Å²) in [4.78, 5) is 22.9. The molecule has 9 heteroatoms. The normalized spacial score (nSPS) is 11.4. The Morgan fingerprint density at radius 1 is 0.921 bits per heavy atom. The molecule has 0 atom stereocenters. The second-order valence-corrected chi connectivity index (χ2v) is 9.26. The summed E-state index contributed by atoms with van der Waals surface area (Å²) in [5.41, 5.74) is 0.643. The zero-order valence-electron chi connectivity index (χ0n) is 20.4. The number of ether oxygens (including phenoxy) is 3. The van der Waals surface area contributed by atoms with E-state index in [1.807, 2.05) is 0 Å². The van der Waals surface area contributed by atoms with Crippen LogP contribution in [-0.2, 0) is 26.9 Å². The number of benzene rings is 3. The van der Waals surface area contributed by atoms with E-state index in [4.69, 9.17) is 14.2 Å². The van der Waals surface area contributed by atoms with Gasteiger partial charge in [0.25, 0.3) is 0 Å². The number of rotatable bonds is 9. The molecule has 4 aromatic rings. The molecule has 196 valence electrons. The Balaban J connectivity index is 1.75. The van der Waals surface area contributed by atoms with Crippen molar-refractivity contribution in [2.75, 3.05) is 13.7 Å². The maximum absolute atomic E-state index is 14.5. The number of halogens is 3. The molecule has 5 nitrogen and oxygen atoms in total. The highest BCUT2D eigenvalue weighted by molar-refractivity contribution is 7.26. The summed E-state index contributed by atoms with van der Waals surface area (Å²) in [6.45, 7) is 6.92. The van der Waals surface area contributed by atoms with E-state index in [1.165, 1.54) is 19.2 Å². The second-order valence-electron chi connectivity index (χ2n) is 8.24. The number of hydrogen-bond acceptors (Lipinski definition) is 6. The number of aryl methyl sites for hydroxylation is 1. The molecule has 0 unspecified atom stereocenters. The van der Waals surface area contributed by atoms with Gasteiger partial charge in [0.15, 0.2) is 11.5 Å². The Kier molecular flexibility index (Phi) is 7.87. The van der Waals surface area contributed by atoms with Crippen LogP contribution in [0.15, 0.2) is 73.8 Å². The Morgan fingerprint density at radius 2 is 1.58 bits per heavy atom. The van der Waals surface area contributed by atoms with Crippen LogP contribution in [0.25, 0.3) is 31.3 Å². The molecule has 3 aromatic carbocycles. The zero-order chi connectivity index (χ0) is 27.4. The van der Waals surface area contributed by atoms with Gasteiger partial charge in [0.1, 0.15) is 0 Å². The molecule has 0 fully saturated rings. The van der Waals surface area contributed by atoms with Crippen LogP contribution in [0.4, 0.5) is 13.2 Å². The molecule has 38 heavy (non-hydrogen) atoms. The van der Waals surface area contributed by atoms with E-state index in [0.717, 1.165) is 29.1 Å². The van der Waals surface area contributed by atoms with Crippen molar-refractivity contribution in [1.82, 2.24) is 0 Å². The van der Waals surface area contributed by atoms with Crippen LogP contribution >= 0.6 is 11.3 Å². The Bertz CT molecular complexity index is 1530. The lowest BCUT2D eigenvalue weighted by atomic mass is 9.95. The van der Waals surface area contributed by atoms with Gasteiger partial charge in [0.05, 0.1) is 24.0 Å². The fourth-order valence-corrected chi connectivity index (χ4v) is 5.55. The Labute approximate surface area is 220 Å². The predicted molar refractivity (Wildman–Crippen MR) is 142 cm³/mol. The quantitative estimate of drug-likeness (QED) is 0.0952. The fraction of sp³-hybridized carbons (Fsp3) is 0.172. The van der Waals surface area contributed by atoms with Crippen molar-refractivity contribution >= 4 is 43.4 Å². The molecule has 0 aliphatic rings. The highest BCUT2D eigenvalue weighted by Gasteiger charge is 2.37. The monoisotopic (exact) mass is 540 g/mol. The summed E-state index contributed by atoms with van der Waals surface area (Å²) in [6, 6.07) is 13.1. The van der Waals surface area contributed by atoms with Crippen LogP contribution in [0.1, 0.15) is 17.5 Å². The number of thiophene rings is 1. The van der Waals surface area contributed by atoms with E-state index in [2.05, 4.69) is 13.2 Å². The van der Waals surface area contributed by atoms with Gasteiger partial charge in [0, 0.05) is 27.6 Å². The Hall–Kier alpha value is -4.11. The first kappa shape index (κ1) is 26.9. The predicted octanol–water partition coefficient (Wildman–Crippen LogP) is 7.50. The standard InChI is InChI=1S/C29H23F3O5S/c1-4-23(33)36-16-6-7-17-8-10-18(11-9-17)19-12-13-20-21-14-15-22(37-24(34)5-2)26(35-3)28(21)38-27(20)25(19)29(30,31)32/h4-5,8-15H,1-2,6-7,16H2,3H3. The molecule has 0 spiro atoms. The van der Waals surface area contributed by atoms with Gasteiger partial charge in [-0.1, -0.05) is 49.6 Å². The minimum atomic E-state index is -4.63. The Morgan fingerprint density at radius 3 is 2.21 bits per heavy atom. The lowest BCUT2D eigenvalue weighted by Crippen LogP contribution is -2.07. The van der Waals surface area contributed by atoms with Crippen LogP contribution in [0.2, 0.25) is 0 Å². The number of fused-ring (bicyclic) bond motifs is 3. The third-order valence-corrected chi connectivity index (χ3v) is 7.12. The van der Waals surface area contributed by atoms with Crippen molar-refractivity contribution in [2.24, 2.45) is 0 Å². The maximum atomic E-state index is 14.5. The average Bonchev–Trinajstić information content (AvgIpc) is 3.28. The molecule has 0 N–H and O–H groups in total. The van der Waals surface area contributed by atoms with Crippen LogP contribution in [-0.4, -0.2) is 25.7 Å². The van der Waals surface area contributed by atoms with Crippen LogP contribution in [0, 0.1) is 0 Å². The van der Waals surface area contributed by atoms with Gasteiger partial charge >= 0.3 is 18.1 Å². The van der Waals surface area contributed by atoms with Crippen LogP contribution < -0.4 is 9.47 Å². The molecule has 0 aliphatic carbocycles. The third-order valence-electron chi connectivity index (χ3n) is 5.88. The van der Waals surface area contributed by atoms with Gasteiger partial charge in [0.2, 0.25) is 0 Å². The molecule has 1 aromatic heterocycles. The molecule has 4 rings (SSSR count). The van der Waals surface area contributed by atoms with Gasteiger partial charge in [-0.2, -0.15) is 13.2 Å². The van der Waals surface area contributed by atoms with E-state index in [0.29, 0.717) is 33.9 Å². The molecule has 0 bridgehead atoms. The minimum Gasteiger partial charge on any atom is -0.491 e. The average molecular weight is 541 g/mol. The molecule has 0 aliphatic heterocycles. The van der Waals surface area contributed by atoms with Gasteiger partial charge in [-0.25, -0.2) is 9.59 Å². The number of alkyl halides is 3. The van der Waals surface area contributed by atoms with E-state index in [9.17, 15) is 22.8 Å². The van der Waals surface area contributed by atoms with Crippen molar-refractivity contribution in [3.63, 3.8) is 0 Å². The van der Waals surface area contributed by atoms with Gasteiger partial charge in [-0.3, -0.25) is 0 Å². The topological polar surface area (TPSA) is 61.8 Å². The summed E-state index contributed by atoms with van der Waals surface area (Å²) in [5, 5.41) is 0.983. The summed E-state index contributed by atoms with van der Waals surface area (Å²) in [6.07, 6.45) is -1.37. The lowest BCUT2D eigenvalue weighted by Gasteiger charge is -2.15. The molecule has 0 radical (unpaired) electrons. The molecule has 0 saturated carbocycles. The summed E-state index contributed by atoms with van der Waals surface area (Å²) in [5.74, 6) is -0.927. The lowest BCUT2D eigenvalue weighted by molar-refractivity contribution is -0.138. The van der Waals surface area contributed by atoms with E-state index in [1.54, 1.807) is 36.4 Å². The zero-order valence-corrected chi connectivity index (χ0v) is 21.2. The van der Waals surface area contributed by atoms with Crippen molar-refractivity contribution in [2.45, 2.75) is 19.0 Å². The summed E-state index contributed by atoms with van der Waals surface area (Å²) >= 11 is 0.934. The van der Waals surface area contributed by atoms with Crippen molar-refractivity contribution in [3.8, 4) is 22.6 Å². The minimum absolute atomic E-state index is 0.0558. The van der Waals surface area contributed by atoms with E-state index < -0.39 is 23.7 Å². The highest BCUT2D eigenvalue weighted by Crippen LogP contribution is 2.50. The van der Waals surface area contributed by atoms with E-state index >= 15 is 0 Å². The van der Waals surface area contributed by atoms with Gasteiger partial charge in [-0.05, 0) is 41.7 Å². The van der Waals surface area contributed by atoms with Crippen molar-refractivity contribution in [1.29, 1.82) is 0 Å². The summed E-state index contributed by atoms with van der Waals surface area (Å²) in [7, 11) is 1.37. The number of esters is 2. The summed E-state index contributed by atoms with van der Waals surface area (Å²) < 4.78 is 59.6. The van der Waals surface area contributed by atoms with Gasteiger partial charge < -0.3 is 14.2 Å². The fourth-order valence-electron chi connectivity index (χ4n) is 4.17. The van der Waals surface area contributed by atoms with Crippen LogP contribution in [0.3, 0.4) is 0 Å². The highest BCUT2D eigenvalue weighted by atomic mass is 32.1. The SMILES string of the molecule is C=CC(=O)OCCCc1ccc(-c2ccc3c(sc4c(OC)c(OC(=O)C=C)ccc43)c2C(F)(F)F)cc1. The maximum Gasteiger partial charge on any atom is 0.418 e. The molecular formula is C29H23F3O5S. The van der Waals surface area contributed by atoms with Crippen LogP contribution in [0.5, 0.6) is 11.5 Å². The van der Waals surface area contributed by atoms with Crippen molar-refractivity contribution in [3.05, 3.63) is 85.0 Å². The third kappa shape index (κ3) is 5.43. The first-order chi connectivity index (χ1) is 18.2. The number of carbonyl (C=O) groups excluding carboxylic acids is 2. The van der Waals surface area contributed by atoms with Crippen molar-refractivity contribution < 1.29 is 37.0 Å². The van der Waals surface area contributed by atoms with E-state index in [-0.39, 0.29) is 28.4 Å². The second kappa shape index (κ2) is 11.1. The molecule has 1 heterocycles. The first-order valence-corrected chi connectivity index (χ1v) is 12.4. The first-order valence-electron chi connectivity index (χ1n) is 11.5. The largest absolute Gasteiger partial charge is 0.491 e. The number of hydrogen-bond donors (Lipinski definition) is 0. The number of carbonyl (C=O) groups is 2. The molecule has 0 saturated heterocycles. The molecular weight excluding hydrogens is 517 g/mol. The molecule has 0 amide bonds. The smallest absolute Gasteiger partial charge is 0.418 e.